The summed E-state index contributed by atoms with van der Waals surface area (Å²) in [5.41, 5.74) is 5.62. The number of nitrogens with two attached hydrogens (primary N) is 1. The highest BCUT2D eigenvalue weighted by Gasteiger charge is 2.12. The smallest absolute Gasteiger partial charge is 0.324 e. The molecule has 0 radical (unpaired) electrons. The van der Waals surface area contributed by atoms with Gasteiger partial charge < -0.3 is 10.3 Å². The normalized spacial score (nSPS) is 10.4. The first-order valence-electron chi connectivity index (χ1n) is 3.95. The maximum atomic E-state index is 10.9. The summed E-state index contributed by atoms with van der Waals surface area (Å²) < 4.78 is 6.07. The molecule has 0 aliphatic rings. The van der Waals surface area contributed by atoms with Gasteiger partial charge in [-0.2, -0.15) is 0 Å². The molecule has 0 unspecified atom stereocenters. The fraction of sp³-hybridized carbons (Fsp3) is 0.125. The number of aryl methyl sites for hydroxylation is 1. The molecular formula is C8H8N4O2. The van der Waals surface area contributed by atoms with Crippen molar-refractivity contribution in [2.45, 2.75) is 6.92 Å². The standard InChI is InChI=1S/C8H8N4O2/c1-5-4-6(11-14-5)7-10-2-3-12(7)8(9)13/h2-4H,1H3,(H2,9,13). The molecule has 2 rings (SSSR count). The van der Waals surface area contributed by atoms with Gasteiger partial charge in [0, 0.05) is 18.5 Å². The van der Waals surface area contributed by atoms with Gasteiger partial charge in [0.25, 0.3) is 0 Å². The lowest BCUT2D eigenvalue weighted by molar-refractivity contribution is 0.250. The monoisotopic (exact) mass is 192 g/mol. The van der Waals surface area contributed by atoms with Crippen LogP contribution in [-0.4, -0.2) is 20.7 Å². The Balaban J connectivity index is 2.51. The molecule has 2 aromatic heterocycles. The van der Waals surface area contributed by atoms with Crippen molar-refractivity contribution < 1.29 is 9.32 Å². The van der Waals surface area contributed by atoms with Gasteiger partial charge in [-0.05, 0) is 6.92 Å². The minimum Gasteiger partial charge on any atom is -0.361 e. The number of carbonyl (C=O) groups excluding carboxylic acids is 1. The third-order valence-corrected chi connectivity index (χ3v) is 1.74. The molecule has 0 saturated carbocycles. The average molecular weight is 192 g/mol. The predicted octanol–water partition coefficient (Wildman–Crippen LogP) is 0.773. The number of hydrogen-bond donors (Lipinski definition) is 1. The minimum absolute atomic E-state index is 0.384. The van der Waals surface area contributed by atoms with E-state index in [1.165, 1.54) is 17.0 Å². The molecule has 2 N–H and O–H groups in total. The predicted molar refractivity (Wildman–Crippen MR) is 47.4 cm³/mol. The number of amides is 1. The van der Waals surface area contributed by atoms with Crippen LogP contribution in [0.15, 0.2) is 23.0 Å². The zero-order chi connectivity index (χ0) is 10.1. The SMILES string of the molecule is Cc1cc(-c2nccn2C(N)=O)no1. The first kappa shape index (κ1) is 8.49. The first-order valence-corrected chi connectivity index (χ1v) is 3.95. The van der Waals surface area contributed by atoms with Crippen LogP contribution in [0.25, 0.3) is 11.5 Å². The van der Waals surface area contributed by atoms with Gasteiger partial charge in [-0.3, -0.25) is 4.57 Å². The molecule has 0 aliphatic heterocycles. The van der Waals surface area contributed by atoms with Crippen molar-refractivity contribution in [3.63, 3.8) is 0 Å². The Kier molecular flexibility index (Phi) is 1.81. The van der Waals surface area contributed by atoms with Gasteiger partial charge in [-0.15, -0.1) is 0 Å². The Bertz CT molecular complexity index is 471. The second-order valence-corrected chi connectivity index (χ2v) is 2.78. The van der Waals surface area contributed by atoms with E-state index in [1.54, 1.807) is 13.0 Å². The van der Waals surface area contributed by atoms with Crippen LogP contribution in [0.3, 0.4) is 0 Å². The lowest BCUT2D eigenvalue weighted by atomic mass is 10.3. The second kappa shape index (κ2) is 2.99. The maximum Gasteiger partial charge on any atom is 0.324 e. The molecule has 0 aromatic carbocycles. The van der Waals surface area contributed by atoms with Crippen molar-refractivity contribution in [2.75, 3.05) is 0 Å². The topological polar surface area (TPSA) is 86.9 Å². The van der Waals surface area contributed by atoms with Gasteiger partial charge in [0.15, 0.2) is 5.82 Å². The summed E-state index contributed by atoms with van der Waals surface area (Å²) in [5, 5.41) is 3.74. The van der Waals surface area contributed by atoms with E-state index in [0.717, 1.165) is 0 Å². The van der Waals surface area contributed by atoms with Gasteiger partial charge in [0.2, 0.25) is 0 Å². The summed E-state index contributed by atoms with van der Waals surface area (Å²) in [5.74, 6) is 1.04. The number of aromatic nitrogens is 3. The number of rotatable bonds is 1. The number of primary amides is 1. The van der Waals surface area contributed by atoms with Crippen LogP contribution < -0.4 is 5.73 Å². The van der Waals surface area contributed by atoms with Crippen molar-refractivity contribution >= 4 is 6.03 Å². The van der Waals surface area contributed by atoms with Gasteiger partial charge in [-0.25, -0.2) is 9.78 Å². The molecule has 6 heteroatoms. The molecule has 2 heterocycles. The van der Waals surface area contributed by atoms with E-state index < -0.39 is 6.03 Å². The highest BCUT2D eigenvalue weighted by atomic mass is 16.5. The van der Waals surface area contributed by atoms with Gasteiger partial charge in [0.05, 0.1) is 0 Å². The molecule has 72 valence electrons. The summed E-state index contributed by atoms with van der Waals surface area (Å²) in [6.45, 7) is 1.76. The quantitative estimate of drug-likeness (QED) is 0.722. The molecule has 1 amide bonds. The summed E-state index contributed by atoms with van der Waals surface area (Å²) in [7, 11) is 0. The molecule has 0 spiro atoms. The van der Waals surface area contributed by atoms with Gasteiger partial charge in [0.1, 0.15) is 11.5 Å². The molecule has 14 heavy (non-hydrogen) atoms. The summed E-state index contributed by atoms with van der Waals surface area (Å²) >= 11 is 0. The molecular weight excluding hydrogens is 184 g/mol. The zero-order valence-corrected chi connectivity index (χ0v) is 7.47. The van der Waals surface area contributed by atoms with Crippen LogP contribution >= 0.6 is 0 Å². The van der Waals surface area contributed by atoms with E-state index in [4.69, 9.17) is 10.3 Å². The summed E-state index contributed by atoms with van der Waals surface area (Å²) in [4.78, 5) is 14.9. The lowest BCUT2D eigenvalue weighted by Crippen LogP contribution is -2.19. The number of carbonyl (C=O) groups is 1. The van der Waals surface area contributed by atoms with E-state index >= 15 is 0 Å². The van der Waals surface area contributed by atoms with Crippen molar-refractivity contribution in [2.24, 2.45) is 5.73 Å². The van der Waals surface area contributed by atoms with Crippen molar-refractivity contribution in [1.29, 1.82) is 0 Å². The molecule has 2 aromatic rings. The Morgan fingerprint density at radius 1 is 1.64 bits per heavy atom. The van der Waals surface area contributed by atoms with E-state index in [9.17, 15) is 4.79 Å². The van der Waals surface area contributed by atoms with Crippen LogP contribution in [0.4, 0.5) is 4.79 Å². The molecule has 0 aliphatic carbocycles. The zero-order valence-electron chi connectivity index (χ0n) is 7.47. The van der Waals surface area contributed by atoms with Gasteiger partial charge in [-0.1, -0.05) is 5.16 Å². The number of nitrogens with zero attached hydrogens (tertiary/aromatic N) is 3. The fourth-order valence-corrected chi connectivity index (χ4v) is 1.14. The van der Waals surface area contributed by atoms with Crippen LogP contribution in [0, 0.1) is 6.92 Å². The first-order chi connectivity index (χ1) is 6.68. The van der Waals surface area contributed by atoms with Crippen molar-refractivity contribution in [3.05, 3.63) is 24.2 Å². The largest absolute Gasteiger partial charge is 0.361 e. The van der Waals surface area contributed by atoms with Crippen LogP contribution in [0.5, 0.6) is 0 Å². The van der Waals surface area contributed by atoms with Crippen LogP contribution in [0.1, 0.15) is 5.76 Å². The summed E-state index contributed by atoms with van der Waals surface area (Å²) in [6, 6.07) is 1.08. The average Bonchev–Trinajstić information content (AvgIpc) is 2.70. The third kappa shape index (κ3) is 1.26. The Labute approximate surface area is 79.3 Å². The molecule has 6 nitrogen and oxygen atoms in total. The van der Waals surface area contributed by atoms with Gasteiger partial charge >= 0.3 is 6.03 Å². The molecule has 0 saturated heterocycles. The van der Waals surface area contributed by atoms with Crippen molar-refractivity contribution in [3.8, 4) is 11.5 Å². The van der Waals surface area contributed by atoms with E-state index in [2.05, 4.69) is 10.1 Å². The van der Waals surface area contributed by atoms with Crippen LogP contribution in [-0.2, 0) is 0 Å². The molecule has 0 fully saturated rings. The van der Waals surface area contributed by atoms with E-state index in [-0.39, 0.29) is 0 Å². The second-order valence-electron chi connectivity index (χ2n) is 2.78. The molecule has 0 atom stereocenters. The Morgan fingerprint density at radius 3 is 3.00 bits per heavy atom. The number of imidazole rings is 1. The Morgan fingerprint density at radius 2 is 2.43 bits per heavy atom. The molecule has 0 bridgehead atoms. The van der Waals surface area contributed by atoms with Crippen LogP contribution in [0.2, 0.25) is 0 Å². The summed E-state index contributed by atoms with van der Waals surface area (Å²) in [6.07, 6.45) is 2.95. The fourth-order valence-electron chi connectivity index (χ4n) is 1.14. The highest BCUT2D eigenvalue weighted by molar-refractivity contribution is 5.79. The Hall–Kier alpha value is -2.11. The third-order valence-electron chi connectivity index (χ3n) is 1.74. The minimum atomic E-state index is -0.599. The van der Waals surface area contributed by atoms with E-state index in [0.29, 0.717) is 17.3 Å². The number of hydrogen-bond acceptors (Lipinski definition) is 4. The van der Waals surface area contributed by atoms with Crippen molar-refractivity contribution in [1.82, 2.24) is 14.7 Å². The highest BCUT2D eigenvalue weighted by Crippen LogP contribution is 2.16. The lowest BCUT2D eigenvalue weighted by Gasteiger charge is -1.97. The maximum absolute atomic E-state index is 10.9. The van der Waals surface area contributed by atoms with E-state index in [1.807, 2.05) is 0 Å².